The van der Waals surface area contributed by atoms with Crippen LogP contribution < -0.4 is 11.1 Å². The van der Waals surface area contributed by atoms with Crippen LogP contribution in [0.4, 0.5) is 0 Å². The maximum Gasteiger partial charge on any atom is 0.234 e. The van der Waals surface area contributed by atoms with E-state index in [1.807, 2.05) is 11.8 Å². The minimum absolute atomic E-state index is 0. The summed E-state index contributed by atoms with van der Waals surface area (Å²) in [5.41, 5.74) is 6.36. The van der Waals surface area contributed by atoms with Gasteiger partial charge in [-0.1, -0.05) is 13.3 Å². The van der Waals surface area contributed by atoms with Crippen molar-refractivity contribution in [1.82, 2.24) is 15.1 Å². The molecule has 3 fully saturated rings. The molecular weight excluding hydrogens is 364 g/mol. The van der Waals surface area contributed by atoms with Crippen molar-refractivity contribution in [2.45, 2.75) is 64.5 Å². The molecule has 6 nitrogen and oxygen atoms in total. The number of fused-ring (bicyclic) bond motifs is 2. The Morgan fingerprint density at radius 1 is 1.11 bits per heavy atom. The third kappa shape index (κ3) is 5.58. The zero-order valence-electron chi connectivity index (χ0n) is 16.9. The van der Waals surface area contributed by atoms with E-state index in [2.05, 4.69) is 17.1 Å². The SMILES string of the molecule is CCC(C)NC(=O)CN1CCN(C(=O)C2CC3CCCC(C2)C3N)CC1.Cl. The first kappa shape index (κ1) is 22.4. The van der Waals surface area contributed by atoms with Gasteiger partial charge in [0.2, 0.25) is 11.8 Å². The molecule has 3 unspecified atom stereocenters. The Hall–Kier alpha value is -0.850. The van der Waals surface area contributed by atoms with E-state index in [1.165, 1.54) is 19.3 Å². The van der Waals surface area contributed by atoms with E-state index in [4.69, 9.17) is 5.73 Å². The highest BCUT2D eigenvalue weighted by Crippen LogP contribution is 2.42. The molecule has 156 valence electrons. The number of hydrogen-bond donors (Lipinski definition) is 2. The Labute approximate surface area is 170 Å². The van der Waals surface area contributed by atoms with Crippen LogP contribution in [0.3, 0.4) is 0 Å². The van der Waals surface area contributed by atoms with Gasteiger partial charge in [-0.3, -0.25) is 14.5 Å². The van der Waals surface area contributed by atoms with E-state index < -0.39 is 0 Å². The highest BCUT2D eigenvalue weighted by atomic mass is 35.5. The summed E-state index contributed by atoms with van der Waals surface area (Å²) in [6, 6.07) is 0.538. The van der Waals surface area contributed by atoms with Gasteiger partial charge in [0.15, 0.2) is 0 Å². The highest BCUT2D eigenvalue weighted by Gasteiger charge is 2.41. The molecule has 2 saturated carbocycles. The third-order valence-corrected chi connectivity index (χ3v) is 6.83. The molecular formula is C20H37ClN4O2. The molecule has 2 amide bonds. The summed E-state index contributed by atoms with van der Waals surface area (Å²) in [5, 5.41) is 3.02. The fraction of sp³-hybridized carbons (Fsp3) is 0.900. The number of halogens is 1. The number of piperazine rings is 1. The summed E-state index contributed by atoms with van der Waals surface area (Å²) in [7, 11) is 0. The van der Waals surface area contributed by atoms with Crippen molar-refractivity contribution in [3.63, 3.8) is 0 Å². The van der Waals surface area contributed by atoms with Crippen LogP contribution in [-0.4, -0.2) is 66.4 Å². The molecule has 0 aromatic heterocycles. The Balaban J connectivity index is 0.00000261. The minimum Gasteiger partial charge on any atom is -0.353 e. The van der Waals surface area contributed by atoms with Gasteiger partial charge in [0.25, 0.3) is 0 Å². The number of rotatable bonds is 5. The Morgan fingerprint density at radius 3 is 2.26 bits per heavy atom. The monoisotopic (exact) mass is 400 g/mol. The lowest BCUT2D eigenvalue weighted by molar-refractivity contribution is -0.140. The van der Waals surface area contributed by atoms with E-state index in [9.17, 15) is 9.59 Å². The van der Waals surface area contributed by atoms with Crippen molar-refractivity contribution in [1.29, 1.82) is 0 Å². The van der Waals surface area contributed by atoms with Crippen molar-refractivity contribution >= 4 is 24.2 Å². The molecule has 0 spiro atoms. The van der Waals surface area contributed by atoms with Gasteiger partial charge in [-0.05, 0) is 50.9 Å². The fourth-order valence-corrected chi connectivity index (χ4v) is 5.00. The Kier molecular flexibility index (Phi) is 8.38. The van der Waals surface area contributed by atoms with Gasteiger partial charge in [0, 0.05) is 44.2 Å². The molecule has 3 aliphatic rings. The number of carbonyl (C=O) groups excluding carboxylic acids is 2. The lowest BCUT2D eigenvalue weighted by Crippen LogP contribution is -2.54. The minimum atomic E-state index is 0. The zero-order valence-corrected chi connectivity index (χ0v) is 17.7. The van der Waals surface area contributed by atoms with Gasteiger partial charge in [0.05, 0.1) is 6.54 Å². The summed E-state index contributed by atoms with van der Waals surface area (Å²) in [6.07, 6.45) is 6.57. The second kappa shape index (κ2) is 10.1. The van der Waals surface area contributed by atoms with Crippen LogP contribution in [0, 0.1) is 17.8 Å². The largest absolute Gasteiger partial charge is 0.353 e. The first-order valence-electron chi connectivity index (χ1n) is 10.5. The molecule has 3 rings (SSSR count). The first-order valence-corrected chi connectivity index (χ1v) is 10.5. The number of hydrogen-bond acceptors (Lipinski definition) is 4. The summed E-state index contributed by atoms with van der Waals surface area (Å²) in [4.78, 5) is 29.2. The van der Waals surface area contributed by atoms with Crippen LogP contribution in [0.2, 0.25) is 0 Å². The van der Waals surface area contributed by atoms with Gasteiger partial charge in [-0.15, -0.1) is 12.4 Å². The van der Waals surface area contributed by atoms with Crippen LogP contribution in [0.1, 0.15) is 52.4 Å². The lowest BCUT2D eigenvalue weighted by atomic mass is 9.65. The Morgan fingerprint density at radius 2 is 1.70 bits per heavy atom. The fourth-order valence-electron chi connectivity index (χ4n) is 5.00. The average Bonchev–Trinajstić information content (AvgIpc) is 2.61. The summed E-state index contributed by atoms with van der Waals surface area (Å²) >= 11 is 0. The summed E-state index contributed by atoms with van der Waals surface area (Å²) in [5.74, 6) is 1.68. The zero-order chi connectivity index (χ0) is 18.7. The number of nitrogens with zero attached hydrogens (tertiary/aromatic N) is 2. The van der Waals surface area contributed by atoms with E-state index in [0.29, 0.717) is 30.3 Å². The average molecular weight is 401 g/mol. The van der Waals surface area contributed by atoms with Gasteiger partial charge in [0.1, 0.15) is 0 Å². The normalized spacial score (nSPS) is 32.3. The number of amides is 2. The molecule has 1 heterocycles. The molecule has 3 atom stereocenters. The van der Waals surface area contributed by atoms with Crippen molar-refractivity contribution in [3.05, 3.63) is 0 Å². The lowest BCUT2D eigenvalue weighted by Gasteiger charge is -2.45. The van der Waals surface area contributed by atoms with Crippen molar-refractivity contribution in [2.24, 2.45) is 23.5 Å². The third-order valence-electron chi connectivity index (χ3n) is 6.83. The quantitative estimate of drug-likeness (QED) is 0.735. The van der Waals surface area contributed by atoms with Crippen LogP contribution in [0.15, 0.2) is 0 Å². The van der Waals surface area contributed by atoms with Crippen molar-refractivity contribution in [2.75, 3.05) is 32.7 Å². The van der Waals surface area contributed by atoms with Crippen LogP contribution in [0.25, 0.3) is 0 Å². The van der Waals surface area contributed by atoms with E-state index >= 15 is 0 Å². The molecule has 1 saturated heterocycles. The molecule has 27 heavy (non-hydrogen) atoms. The number of nitrogens with two attached hydrogens (primary N) is 1. The second-order valence-electron chi connectivity index (χ2n) is 8.67. The van der Waals surface area contributed by atoms with Gasteiger partial charge in [-0.25, -0.2) is 0 Å². The Bertz CT molecular complexity index is 496. The van der Waals surface area contributed by atoms with Crippen molar-refractivity contribution < 1.29 is 9.59 Å². The predicted octanol–water partition coefficient (Wildman–Crippen LogP) is 1.62. The molecule has 0 radical (unpaired) electrons. The van der Waals surface area contributed by atoms with Crippen molar-refractivity contribution in [3.8, 4) is 0 Å². The molecule has 2 aliphatic carbocycles. The number of carbonyl (C=O) groups is 2. The maximum atomic E-state index is 13.0. The molecule has 0 aromatic rings. The molecule has 0 aromatic carbocycles. The molecule has 3 N–H and O–H groups in total. The van der Waals surface area contributed by atoms with Crippen LogP contribution in [-0.2, 0) is 9.59 Å². The topological polar surface area (TPSA) is 78.7 Å². The first-order chi connectivity index (χ1) is 12.5. The van der Waals surface area contributed by atoms with Crippen LogP contribution in [0.5, 0.6) is 0 Å². The summed E-state index contributed by atoms with van der Waals surface area (Å²) in [6.45, 7) is 7.61. The van der Waals surface area contributed by atoms with E-state index in [-0.39, 0.29) is 30.3 Å². The maximum absolute atomic E-state index is 13.0. The van der Waals surface area contributed by atoms with Gasteiger partial charge < -0.3 is 16.0 Å². The van der Waals surface area contributed by atoms with E-state index in [0.717, 1.165) is 45.4 Å². The predicted molar refractivity (Wildman–Crippen MR) is 110 cm³/mol. The second-order valence-corrected chi connectivity index (χ2v) is 8.67. The molecule has 1 aliphatic heterocycles. The highest BCUT2D eigenvalue weighted by molar-refractivity contribution is 5.85. The molecule has 2 bridgehead atoms. The van der Waals surface area contributed by atoms with E-state index in [1.54, 1.807) is 0 Å². The molecule has 7 heteroatoms. The standard InChI is InChI=1S/C20H36N4O2.ClH/c1-3-14(2)22-18(25)13-23-7-9-24(10-8-23)20(26)17-11-15-5-4-6-16(12-17)19(15)21;/h14-17,19H,3-13,21H2,1-2H3,(H,22,25);1H. The number of nitrogens with one attached hydrogen (secondary N) is 1. The summed E-state index contributed by atoms with van der Waals surface area (Å²) < 4.78 is 0. The van der Waals surface area contributed by atoms with Crippen LogP contribution >= 0.6 is 12.4 Å². The van der Waals surface area contributed by atoms with Gasteiger partial charge >= 0.3 is 0 Å². The smallest absolute Gasteiger partial charge is 0.234 e. The van der Waals surface area contributed by atoms with Gasteiger partial charge in [-0.2, -0.15) is 0 Å².